The Morgan fingerprint density at radius 2 is 1.74 bits per heavy atom. The Labute approximate surface area is 137 Å². The molecule has 122 valence electrons. The van der Waals surface area contributed by atoms with Crippen LogP contribution in [0.2, 0.25) is 0 Å². The summed E-state index contributed by atoms with van der Waals surface area (Å²) in [5, 5.41) is 0. The summed E-state index contributed by atoms with van der Waals surface area (Å²) >= 11 is 0. The van der Waals surface area contributed by atoms with E-state index in [2.05, 4.69) is 4.90 Å². The molecule has 0 N–H and O–H groups in total. The van der Waals surface area contributed by atoms with Crippen molar-refractivity contribution in [2.24, 2.45) is 5.92 Å². The Hall–Kier alpha value is -1.68. The van der Waals surface area contributed by atoms with E-state index in [4.69, 9.17) is 0 Å². The van der Waals surface area contributed by atoms with Gasteiger partial charge in [0.25, 0.3) is 0 Å². The number of likely N-dealkylation sites (tertiary alicyclic amines) is 2. The molecule has 4 heteroatoms. The first kappa shape index (κ1) is 14.9. The van der Waals surface area contributed by atoms with Crippen LogP contribution < -0.4 is 0 Å². The number of piperidine rings is 1. The number of hydrogen-bond donors (Lipinski definition) is 0. The molecule has 2 aliphatic heterocycles. The van der Waals surface area contributed by atoms with Crippen molar-refractivity contribution in [2.75, 3.05) is 13.1 Å². The number of hydrogen-bond acceptors (Lipinski definition) is 3. The zero-order chi connectivity index (χ0) is 15.8. The molecule has 1 aromatic rings. The van der Waals surface area contributed by atoms with Crippen molar-refractivity contribution >= 4 is 11.7 Å². The predicted octanol–water partition coefficient (Wildman–Crippen LogP) is 2.23. The fourth-order valence-electron chi connectivity index (χ4n) is 4.54. The lowest BCUT2D eigenvalue weighted by atomic mass is 9.75. The average molecular weight is 312 g/mol. The molecular formula is C19H24N2O2. The minimum Gasteiger partial charge on any atom is -0.328 e. The van der Waals surface area contributed by atoms with Gasteiger partial charge in [-0.2, -0.15) is 0 Å². The summed E-state index contributed by atoms with van der Waals surface area (Å²) in [4.78, 5) is 29.6. The van der Waals surface area contributed by atoms with Gasteiger partial charge in [-0.1, -0.05) is 30.3 Å². The van der Waals surface area contributed by atoms with E-state index >= 15 is 0 Å². The van der Waals surface area contributed by atoms with E-state index in [1.54, 1.807) is 0 Å². The molecule has 1 aromatic carbocycles. The summed E-state index contributed by atoms with van der Waals surface area (Å²) in [6, 6.07) is 10.3. The van der Waals surface area contributed by atoms with Crippen LogP contribution >= 0.6 is 0 Å². The highest BCUT2D eigenvalue weighted by Crippen LogP contribution is 2.36. The summed E-state index contributed by atoms with van der Waals surface area (Å²) in [5.41, 5.74) is 1.11. The zero-order valence-electron chi connectivity index (χ0n) is 13.5. The van der Waals surface area contributed by atoms with Gasteiger partial charge in [0.05, 0.1) is 6.04 Å². The van der Waals surface area contributed by atoms with Crippen LogP contribution in [0, 0.1) is 5.92 Å². The number of nitrogens with zero attached hydrogens (tertiary/aromatic N) is 2. The van der Waals surface area contributed by atoms with Gasteiger partial charge in [-0.15, -0.1) is 0 Å². The number of fused-ring (bicyclic) bond motifs is 2. The molecular weight excluding hydrogens is 288 g/mol. The number of ketones is 1. The minimum absolute atomic E-state index is 0.0427. The molecule has 1 saturated carbocycles. The number of benzene rings is 1. The highest BCUT2D eigenvalue weighted by atomic mass is 16.2. The zero-order valence-corrected chi connectivity index (χ0v) is 13.5. The Morgan fingerprint density at radius 3 is 2.48 bits per heavy atom. The van der Waals surface area contributed by atoms with Gasteiger partial charge in [-0.05, 0) is 44.3 Å². The van der Waals surface area contributed by atoms with E-state index in [0.717, 1.165) is 31.5 Å². The van der Waals surface area contributed by atoms with Crippen LogP contribution in [0.5, 0.6) is 0 Å². The quantitative estimate of drug-likeness (QED) is 0.859. The van der Waals surface area contributed by atoms with Crippen LogP contribution in [-0.2, 0) is 16.1 Å². The first-order valence-corrected chi connectivity index (χ1v) is 8.83. The first-order valence-electron chi connectivity index (χ1n) is 8.83. The predicted molar refractivity (Wildman–Crippen MR) is 87.7 cm³/mol. The third-order valence-electron chi connectivity index (χ3n) is 5.75. The summed E-state index contributed by atoms with van der Waals surface area (Å²) in [6.45, 7) is 2.88. The summed E-state index contributed by atoms with van der Waals surface area (Å²) in [5.74, 6) is 0.415. The molecule has 0 radical (unpaired) electrons. The summed E-state index contributed by atoms with van der Waals surface area (Å²) < 4.78 is 0. The van der Waals surface area contributed by atoms with Crippen molar-refractivity contribution in [2.45, 2.75) is 50.7 Å². The number of carbonyl (C=O) groups is 2. The lowest BCUT2D eigenvalue weighted by Gasteiger charge is -2.46. The molecule has 3 atom stereocenters. The Balaban J connectivity index is 1.54. The monoisotopic (exact) mass is 312 g/mol. The highest BCUT2D eigenvalue weighted by molar-refractivity contribution is 5.97. The van der Waals surface area contributed by atoms with Gasteiger partial charge in [0.2, 0.25) is 5.91 Å². The first-order chi connectivity index (χ1) is 11.2. The van der Waals surface area contributed by atoms with Crippen molar-refractivity contribution in [1.82, 2.24) is 9.80 Å². The maximum atomic E-state index is 12.7. The Bertz CT molecular complexity index is 595. The maximum Gasteiger partial charge on any atom is 0.224 e. The van der Waals surface area contributed by atoms with Gasteiger partial charge in [-0.3, -0.25) is 9.59 Å². The second-order valence-corrected chi connectivity index (χ2v) is 7.19. The van der Waals surface area contributed by atoms with Crippen LogP contribution in [0.15, 0.2) is 30.3 Å². The Kier molecular flexibility index (Phi) is 3.93. The molecule has 0 aromatic heterocycles. The van der Waals surface area contributed by atoms with Crippen LogP contribution in [0.25, 0.3) is 0 Å². The van der Waals surface area contributed by atoms with Crippen molar-refractivity contribution in [3.05, 3.63) is 35.9 Å². The van der Waals surface area contributed by atoms with Gasteiger partial charge in [0.1, 0.15) is 0 Å². The van der Waals surface area contributed by atoms with Gasteiger partial charge in [0.15, 0.2) is 5.78 Å². The summed E-state index contributed by atoms with van der Waals surface area (Å²) in [6.07, 6.45) is 4.67. The van der Waals surface area contributed by atoms with Gasteiger partial charge < -0.3 is 9.80 Å². The summed E-state index contributed by atoms with van der Waals surface area (Å²) in [7, 11) is 0. The SMILES string of the molecule is O=C1[C@H]2CC(=O)N(Cc3ccccc3)[C@@H]1CC(N1CCCC1)C2. The number of Topliss-reactive ketones (excluding diaryl/α,β-unsaturated/α-hetero) is 1. The molecule has 3 fully saturated rings. The van der Waals surface area contributed by atoms with E-state index in [1.807, 2.05) is 35.2 Å². The largest absolute Gasteiger partial charge is 0.328 e. The molecule has 2 heterocycles. The van der Waals surface area contributed by atoms with Crippen LogP contribution in [0.3, 0.4) is 0 Å². The normalized spacial score (nSPS) is 31.7. The molecule has 1 unspecified atom stereocenters. The average Bonchev–Trinajstić information content (AvgIpc) is 3.08. The molecule has 0 spiro atoms. The molecule has 2 bridgehead atoms. The number of rotatable bonds is 3. The number of amides is 1. The molecule has 2 saturated heterocycles. The molecule has 4 nitrogen and oxygen atoms in total. The van der Waals surface area contributed by atoms with Gasteiger partial charge >= 0.3 is 0 Å². The van der Waals surface area contributed by atoms with E-state index in [9.17, 15) is 9.59 Å². The maximum absolute atomic E-state index is 12.7. The standard InChI is InChI=1S/C19H24N2O2/c22-18-11-15-10-16(20-8-4-5-9-20)12-17(19(15)23)21(18)13-14-6-2-1-3-7-14/h1-3,6-7,15-17H,4-5,8-13H2/t15-,16?,17-/m1/s1. The second-order valence-electron chi connectivity index (χ2n) is 7.19. The fraction of sp³-hybridized carbons (Fsp3) is 0.579. The van der Waals surface area contributed by atoms with Crippen LogP contribution in [0.1, 0.15) is 37.7 Å². The number of carbonyl (C=O) groups excluding carboxylic acids is 2. The molecule has 23 heavy (non-hydrogen) atoms. The lowest BCUT2D eigenvalue weighted by molar-refractivity contribution is -0.154. The minimum atomic E-state index is -0.208. The smallest absolute Gasteiger partial charge is 0.224 e. The van der Waals surface area contributed by atoms with E-state index in [1.165, 1.54) is 12.8 Å². The van der Waals surface area contributed by atoms with Crippen molar-refractivity contribution in [1.29, 1.82) is 0 Å². The third kappa shape index (κ3) is 2.80. The molecule has 4 rings (SSSR count). The topological polar surface area (TPSA) is 40.6 Å². The molecule has 1 amide bonds. The third-order valence-corrected chi connectivity index (χ3v) is 5.75. The van der Waals surface area contributed by atoms with Gasteiger partial charge in [0, 0.05) is 24.9 Å². The lowest BCUT2D eigenvalue weighted by Crippen LogP contribution is -2.59. The van der Waals surface area contributed by atoms with Crippen molar-refractivity contribution < 1.29 is 9.59 Å². The van der Waals surface area contributed by atoms with E-state index < -0.39 is 0 Å². The van der Waals surface area contributed by atoms with Gasteiger partial charge in [-0.25, -0.2) is 0 Å². The van der Waals surface area contributed by atoms with E-state index in [-0.39, 0.29) is 17.9 Å². The Morgan fingerprint density at radius 1 is 1.00 bits per heavy atom. The van der Waals surface area contributed by atoms with Crippen LogP contribution in [-0.4, -0.2) is 46.7 Å². The highest BCUT2D eigenvalue weighted by Gasteiger charge is 2.47. The molecule has 3 aliphatic rings. The van der Waals surface area contributed by atoms with Crippen LogP contribution in [0.4, 0.5) is 0 Å². The van der Waals surface area contributed by atoms with Crippen molar-refractivity contribution in [3.8, 4) is 0 Å². The van der Waals surface area contributed by atoms with E-state index in [0.29, 0.717) is 24.8 Å². The van der Waals surface area contributed by atoms with Crippen molar-refractivity contribution in [3.63, 3.8) is 0 Å². The molecule has 1 aliphatic carbocycles. The fourth-order valence-corrected chi connectivity index (χ4v) is 4.54. The second kappa shape index (κ2) is 6.08.